The van der Waals surface area contributed by atoms with E-state index < -0.39 is 41.5 Å². The Morgan fingerprint density at radius 1 is 1.08 bits per heavy atom. The van der Waals surface area contributed by atoms with Crippen molar-refractivity contribution < 1.29 is 31.9 Å². The van der Waals surface area contributed by atoms with Crippen molar-refractivity contribution in [3.05, 3.63) is 65.0 Å². The minimum absolute atomic E-state index is 0.0614. The van der Waals surface area contributed by atoms with Gasteiger partial charge < -0.3 is 9.80 Å². The molecule has 0 N–H and O–H groups in total. The smallest absolute Gasteiger partial charge is 0.336 e. The van der Waals surface area contributed by atoms with Crippen LogP contribution in [0.15, 0.2) is 42.5 Å². The number of carbonyl (C=O) groups is 3. The molecule has 1 spiro atoms. The number of carbonyl (C=O) groups excluding carboxylic acids is 3. The van der Waals surface area contributed by atoms with Crippen LogP contribution in [-0.4, -0.2) is 52.7 Å². The number of nitrogens with zero attached hydrogens (tertiary/aromatic N) is 3. The molecule has 2 aromatic carbocycles. The number of hydrogen-bond acceptors (Lipinski definition) is 3. The van der Waals surface area contributed by atoms with Crippen LogP contribution in [0.2, 0.25) is 0 Å². The van der Waals surface area contributed by atoms with Crippen molar-refractivity contribution in [1.29, 1.82) is 0 Å². The highest BCUT2D eigenvalue weighted by Gasteiger charge is 2.61. The number of piperazine rings is 1. The average Bonchev–Trinajstić information content (AvgIpc) is 2.79. The summed E-state index contributed by atoms with van der Waals surface area (Å²) in [4.78, 5) is 43.9. The minimum atomic E-state index is -4.51. The quantitative estimate of drug-likeness (QED) is 0.464. The number of amides is 3. The predicted molar refractivity (Wildman–Crippen MR) is 125 cm³/mol. The molecule has 0 radical (unpaired) electrons. The zero-order valence-electron chi connectivity index (χ0n) is 19.7. The van der Waals surface area contributed by atoms with E-state index in [1.807, 2.05) is 0 Å². The maximum atomic E-state index is 14.9. The molecule has 2 aliphatic heterocycles. The second-order valence-electron chi connectivity index (χ2n) is 9.73. The first-order chi connectivity index (χ1) is 17.5. The summed E-state index contributed by atoms with van der Waals surface area (Å²) in [5.41, 5.74) is -1.71. The Morgan fingerprint density at radius 3 is 2.30 bits per heavy atom. The first kappa shape index (κ1) is 24.8. The summed E-state index contributed by atoms with van der Waals surface area (Å²) in [5, 5.41) is 0. The largest absolute Gasteiger partial charge is 0.416 e. The van der Waals surface area contributed by atoms with Gasteiger partial charge in [0.1, 0.15) is 12.4 Å². The molecule has 2 aromatic rings. The first-order valence-electron chi connectivity index (χ1n) is 11.9. The third kappa shape index (κ3) is 4.22. The fourth-order valence-electron chi connectivity index (χ4n) is 5.09. The number of hydrogen-bond donors (Lipinski definition) is 0. The van der Waals surface area contributed by atoms with Crippen LogP contribution in [0.25, 0.3) is 0 Å². The van der Waals surface area contributed by atoms with Crippen LogP contribution in [0.1, 0.15) is 36.0 Å². The molecule has 2 saturated heterocycles. The van der Waals surface area contributed by atoms with Crippen LogP contribution in [0, 0.1) is 24.1 Å². The van der Waals surface area contributed by atoms with Crippen molar-refractivity contribution in [3.63, 3.8) is 0 Å². The van der Waals surface area contributed by atoms with Crippen molar-refractivity contribution in [2.24, 2.45) is 5.92 Å². The van der Waals surface area contributed by atoms with Gasteiger partial charge in [-0.1, -0.05) is 24.5 Å². The second kappa shape index (κ2) is 8.91. The summed E-state index contributed by atoms with van der Waals surface area (Å²) in [6.07, 6.45) is 3.30. The van der Waals surface area contributed by atoms with E-state index >= 15 is 0 Å². The SMILES string of the molecule is C#Cc1ccc(N2CC(=O)N(Cc3ccc(C(F)(F)F)cc3)C3(CN(C(=O)C4CCC4)C3)C2=O)c(F)c1. The van der Waals surface area contributed by atoms with Gasteiger partial charge in [0, 0.05) is 18.0 Å². The van der Waals surface area contributed by atoms with Gasteiger partial charge in [-0.2, -0.15) is 13.2 Å². The lowest BCUT2D eigenvalue weighted by Gasteiger charge is -2.58. The number of benzene rings is 2. The maximum absolute atomic E-state index is 14.9. The Labute approximate surface area is 210 Å². The molecule has 0 bridgehead atoms. The van der Waals surface area contributed by atoms with Gasteiger partial charge in [0.25, 0.3) is 5.91 Å². The van der Waals surface area contributed by atoms with Gasteiger partial charge in [0.05, 0.1) is 24.3 Å². The van der Waals surface area contributed by atoms with Crippen LogP contribution < -0.4 is 4.90 Å². The van der Waals surface area contributed by atoms with Crippen molar-refractivity contribution in [2.75, 3.05) is 24.5 Å². The predicted octanol–water partition coefficient (Wildman–Crippen LogP) is 3.58. The summed E-state index contributed by atoms with van der Waals surface area (Å²) in [5.74, 6) is 0.295. The highest BCUT2D eigenvalue weighted by Crippen LogP contribution is 2.40. The molecule has 2 heterocycles. The number of terminal acetylenes is 1. The molecule has 0 aromatic heterocycles. The van der Waals surface area contributed by atoms with E-state index in [1.165, 1.54) is 34.1 Å². The number of alkyl halides is 3. The van der Waals surface area contributed by atoms with E-state index in [2.05, 4.69) is 5.92 Å². The average molecular weight is 513 g/mol. The molecule has 3 amide bonds. The second-order valence-corrected chi connectivity index (χ2v) is 9.73. The van der Waals surface area contributed by atoms with Gasteiger partial charge >= 0.3 is 6.18 Å². The van der Waals surface area contributed by atoms with Crippen molar-refractivity contribution in [2.45, 2.75) is 37.5 Å². The lowest BCUT2D eigenvalue weighted by molar-refractivity contribution is -0.172. The Hall–Kier alpha value is -3.87. The molecule has 192 valence electrons. The maximum Gasteiger partial charge on any atom is 0.416 e. The van der Waals surface area contributed by atoms with Crippen LogP contribution in [0.4, 0.5) is 23.2 Å². The van der Waals surface area contributed by atoms with Crippen molar-refractivity contribution in [1.82, 2.24) is 9.80 Å². The van der Waals surface area contributed by atoms with Gasteiger partial charge in [-0.05, 0) is 48.7 Å². The molecule has 10 heteroatoms. The molecule has 3 aliphatic rings. The Bertz CT molecular complexity index is 1310. The molecule has 1 aliphatic carbocycles. The lowest BCUT2D eigenvalue weighted by atomic mass is 9.79. The van der Waals surface area contributed by atoms with E-state index in [4.69, 9.17) is 6.42 Å². The summed E-state index contributed by atoms with van der Waals surface area (Å²) in [6, 6.07) is 8.25. The fraction of sp³-hybridized carbons (Fsp3) is 0.370. The van der Waals surface area contributed by atoms with Crippen LogP contribution in [-0.2, 0) is 27.1 Å². The van der Waals surface area contributed by atoms with E-state index in [1.54, 1.807) is 0 Å². The minimum Gasteiger partial charge on any atom is -0.336 e. The number of likely N-dealkylation sites (tertiary alicyclic amines) is 1. The normalized spacial score (nSPS) is 19.5. The highest BCUT2D eigenvalue weighted by atomic mass is 19.4. The van der Waals surface area contributed by atoms with Crippen molar-refractivity contribution in [3.8, 4) is 12.3 Å². The topological polar surface area (TPSA) is 60.9 Å². The standard InChI is InChI=1S/C27H23F4N3O3/c1-2-17-8-11-22(21(28)12-17)33-14-23(35)34(13-18-6-9-20(10-7-18)27(29,30)31)26(25(33)37)15-32(16-26)24(36)19-4-3-5-19/h1,6-12,19H,3-5,13-16H2. The summed E-state index contributed by atoms with van der Waals surface area (Å²) < 4.78 is 53.8. The Kier molecular flexibility index (Phi) is 5.97. The monoisotopic (exact) mass is 513 g/mol. The number of halogens is 4. The molecular weight excluding hydrogens is 490 g/mol. The zero-order chi connectivity index (χ0) is 26.5. The van der Waals surface area contributed by atoms with Gasteiger partial charge in [0.2, 0.25) is 11.8 Å². The van der Waals surface area contributed by atoms with Gasteiger partial charge in [0.15, 0.2) is 5.54 Å². The molecule has 3 fully saturated rings. The van der Waals surface area contributed by atoms with E-state index in [0.29, 0.717) is 5.56 Å². The molecule has 0 unspecified atom stereocenters. The Morgan fingerprint density at radius 2 is 1.76 bits per heavy atom. The molecule has 6 nitrogen and oxygen atoms in total. The van der Waals surface area contributed by atoms with E-state index in [0.717, 1.165) is 42.4 Å². The Balaban J connectivity index is 1.46. The van der Waals surface area contributed by atoms with Crippen LogP contribution >= 0.6 is 0 Å². The van der Waals surface area contributed by atoms with E-state index in [-0.39, 0.29) is 42.7 Å². The third-order valence-corrected chi connectivity index (χ3v) is 7.45. The van der Waals surface area contributed by atoms with Gasteiger partial charge in [-0.15, -0.1) is 6.42 Å². The first-order valence-corrected chi connectivity index (χ1v) is 11.9. The van der Waals surface area contributed by atoms with Gasteiger partial charge in [-0.3, -0.25) is 19.3 Å². The van der Waals surface area contributed by atoms with Crippen LogP contribution in [0.3, 0.4) is 0 Å². The number of anilines is 1. The highest BCUT2D eigenvalue weighted by molar-refractivity contribution is 6.11. The molecule has 5 rings (SSSR count). The summed E-state index contributed by atoms with van der Waals surface area (Å²) in [6.45, 7) is -0.702. The molecule has 0 atom stereocenters. The summed E-state index contributed by atoms with van der Waals surface area (Å²) in [7, 11) is 0. The van der Waals surface area contributed by atoms with E-state index in [9.17, 15) is 31.9 Å². The summed E-state index contributed by atoms with van der Waals surface area (Å²) >= 11 is 0. The molecular formula is C27H23F4N3O3. The van der Waals surface area contributed by atoms with Crippen molar-refractivity contribution >= 4 is 23.4 Å². The van der Waals surface area contributed by atoms with Crippen LogP contribution in [0.5, 0.6) is 0 Å². The number of rotatable bonds is 4. The molecule has 1 saturated carbocycles. The fourth-order valence-corrected chi connectivity index (χ4v) is 5.09. The van der Waals surface area contributed by atoms with Gasteiger partial charge in [-0.25, -0.2) is 4.39 Å². The molecule has 37 heavy (non-hydrogen) atoms. The lowest BCUT2D eigenvalue weighted by Crippen LogP contribution is -2.81. The zero-order valence-corrected chi connectivity index (χ0v) is 19.7. The third-order valence-electron chi connectivity index (χ3n) is 7.45.